The number of carbonyl (C=O) groups excluding carboxylic acids is 2. The van der Waals surface area contributed by atoms with Gasteiger partial charge in [-0.15, -0.1) is 0 Å². The van der Waals surface area contributed by atoms with Crippen molar-refractivity contribution in [2.75, 3.05) is 39.6 Å². The standard InChI is InChI=1S/C50H84N2O8/c1-7-13-19-25-31-55-43-37-41(38-44(56-32-26-20-14-8-2)47(43)59-35-29-23-17-11-5)49(53)51-52-50(54)42-39-45(57-33-27-21-15-9-3)48(60-36-30-24-18-12-6)46(40-42)58-34-28-22-16-10-4/h37-40H,7-36H2,1-6H3,(H,51,53)(H,52,54). The van der Waals surface area contributed by atoms with Gasteiger partial charge in [0.25, 0.3) is 11.8 Å². The SMILES string of the molecule is CCCCCCOc1cc(C(=O)NNC(=O)c2cc(OCCCCCC)c(OCCCCCC)c(OCCCCCC)c2)cc(OCCCCCC)c1OCCCCCC. The topological polar surface area (TPSA) is 114 Å². The number of rotatable bonds is 38. The van der Waals surface area contributed by atoms with Crippen molar-refractivity contribution in [2.24, 2.45) is 0 Å². The molecule has 2 N–H and O–H groups in total. The van der Waals surface area contributed by atoms with E-state index in [1.807, 2.05) is 0 Å². The highest BCUT2D eigenvalue weighted by molar-refractivity contribution is 6.00. The number of ether oxygens (including phenoxy) is 6. The molecular formula is C50H84N2O8. The van der Waals surface area contributed by atoms with Gasteiger partial charge in [0.05, 0.1) is 39.6 Å². The largest absolute Gasteiger partial charge is 0.490 e. The van der Waals surface area contributed by atoms with Gasteiger partial charge in [0, 0.05) is 11.1 Å². The van der Waals surface area contributed by atoms with Gasteiger partial charge in [-0.2, -0.15) is 0 Å². The van der Waals surface area contributed by atoms with E-state index < -0.39 is 11.8 Å². The molecule has 0 fully saturated rings. The maximum Gasteiger partial charge on any atom is 0.269 e. The Morgan fingerprint density at radius 3 is 0.767 bits per heavy atom. The molecule has 0 aliphatic rings. The van der Waals surface area contributed by atoms with Gasteiger partial charge in [0.1, 0.15) is 0 Å². The fourth-order valence-corrected chi connectivity index (χ4v) is 6.64. The molecule has 0 heterocycles. The quantitative estimate of drug-likeness (QED) is 0.0508. The van der Waals surface area contributed by atoms with E-state index in [1.165, 1.54) is 0 Å². The predicted octanol–water partition coefficient (Wildman–Crippen LogP) is 13.5. The molecule has 0 radical (unpaired) electrons. The van der Waals surface area contributed by atoms with Gasteiger partial charge in [0.15, 0.2) is 23.0 Å². The third kappa shape index (κ3) is 22.1. The summed E-state index contributed by atoms with van der Waals surface area (Å²) < 4.78 is 37.9. The molecule has 10 heteroatoms. The van der Waals surface area contributed by atoms with E-state index in [0.29, 0.717) is 85.3 Å². The van der Waals surface area contributed by atoms with Crippen molar-refractivity contribution in [3.63, 3.8) is 0 Å². The molecule has 2 amide bonds. The Bertz CT molecular complexity index is 1240. The number of hydrazine groups is 1. The van der Waals surface area contributed by atoms with E-state index in [2.05, 4.69) is 52.4 Å². The van der Waals surface area contributed by atoms with E-state index in [1.54, 1.807) is 24.3 Å². The van der Waals surface area contributed by atoms with Crippen LogP contribution in [0.3, 0.4) is 0 Å². The maximum atomic E-state index is 13.8. The number of amides is 2. The molecule has 10 nitrogen and oxygen atoms in total. The van der Waals surface area contributed by atoms with Crippen LogP contribution in [0.1, 0.15) is 216 Å². The fourth-order valence-electron chi connectivity index (χ4n) is 6.64. The zero-order valence-corrected chi connectivity index (χ0v) is 38.8. The summed E-state index contributed by atoms with van der Waals surface area (Å²) in [5.74, 6) is 1.91. The molecule has 2 aromatic carbocycles. The fraction of sp³-hybridized carbons (Fsp3) is 0.720. The van der Waals surface area contributed by atoms with Gasteiger partial charge in [0.2, 0.25) is 11.5 Å². The van der Waals surface area contributed by atoms with Crippen LogP contribution in [0, 0.1) is 0 Å². The normalized spacial score (nSPS) is 11.0. The Labute approximate surface area is 364 Å². The monoisotopic (exact) mass is 841 g/mol. The molecule has 2 aromatic rings. The first-order valence-corrected chi connectivity index (χ1v) is 24.2. The van der Waals surface area contributed by atoms with Crippen molar-refractivity contribution in [2.45, 2.75) is 196 Å². The number of benzene rings is 2. The van der Waals surface area contributed by atoms with E-state index in [-0.39, 0.29) is 0 Å². The van der Waals surface area contributed by atoms with Crippen LogP contribution in [-0.2, 0) is 0 Å². The molecule has 0 bridgehead atoms. The number of hydrogen-bond acceptors (Lipinski definition) is 8. The lowest BCUT2D eigenvalue weighted by atomic mass is 10.1. The maximum absolute atomic E-state index is 13.8. The Hall–Kier alpha value is -3.82. The lowest BCUT2D eigenvalue weighted by Gasteiger charge is -2.20. The Morgan fingerprint density at radius 2 is 0.550 bits per heavy atom. The molecule has 0 saturated carbocycles. The molecule has 60 heavy (non-hydrogen) atoms. The van der Waals surface area contributed by atoms with Crippen LogP contribution in [-0.4, -0.2) is 51.5 Å². The summed E-state index contributed by atoms with van der Waals surface area (Å²) in [7, 11) is 0. The van der Waals surface area contributed by atoms with Gasteiger partial charge in [-0.1, -0.05) is 157 Å². The summed E-state index contributed by atoms with van der Waals surface area (Å²) in [5, 5.41) is 0. The van der Waals surface area contributed by atoms with Gasteiger partial charge >= 0.3 is 0 Å². The molecule has 0 unspecified atom stereocenters. The van der Waals surface area contributed by atoms with Crippen LogP contribution < -0.4 is 39.3 Å². The van der Waals surface area contributed by atoms with E-state index in [9.17, 15) is 9.59 Å². The second-order valence-corrected chi connectivity index (χ2v) is 16.0. The minimum absolute atomic E-state index is 0.291. The van der Waals surface area contributed by atoms with Crippen LogP contribution in [0.2, 0.25) is 0 Å². The Kier molecular flexibility index (Phi) is 30.4. The van der Waals surface area contributed by atoms with E-state index >= 15 is 0 Å². The van der Waals surface area contributed by atoms with Gasteiger partial charge in [-0.3, -0.25) is 20.4 Å². The van der Waals surface area contributed by atoms with Crippen molar-refractivity contribution in [1.82, 2.24) is 10.9 Å². The van der Waals surface area contributed by atoms with Crippen LogP contribution in [0.25, 0.3) is 0 Å². The van der Waals surface area contributed by atoms with Gasteiger partial charge in [-0.25, -0.2) is 0 Å². The number of unbranched alkanes of at least 4 members (excludes halogenated alkanes) is 18. The summed E-state index contributed by atoms with van der Waals surface area (Å²) in [4.78, 5) is 27.7. The Balaban J connectivity index is 2.41. The summed E-state index contributed by atoms with van der Waals surface area (Å²) in [6.45, 7) is 16.1. The minimum Gasteiger partial charge on any atom is -0.490 e. The average Bonchev–Trinajstić information content (AvgIpc) is 3.25. The van der Waals surface area contributed by atoms with Crippen molar-refractivity contribution in [3.05, 3.63) is 35.4 Å². The van der Waals surface area contributed by atoms with Crippen LogP contribution in [0.5, 0.6) is 34.5 Å². The van der Waals surface area contributed by atoms with Crippen LogP contribution >= 0.6 is 0 Å². The first-order valence-electron chi connectivity index (χ1n) is 24.2. The minimum atomic E-state index is -0.503. The van der Waals surface area contributed by atoms with Crippen LogP contribution in [0.4, 0.5) is 0 Å². The molecule has 0 aliphatic heterocycles. The van der Waals surface area contributed by atoms with Gasteiger partial charge < -0.3 is 28.4 Å². The highest BCUT2D eigenvalue weighted by Gasteiger charge is 2.22. The van der Waals surface area contributed by atoms with Crippen LogP contribution in [0.15, 0.2) is 24.3 Å². The molecule has 0 saturated heterocycles. The molecule has 0 atom stereocenters. The zero-order chi connectivity index (χ0) is 43.5. The number of nitrogens with one attached hydrogen (secondary N) is 2. The Morgan fingerprint density at radius 1 is 0.333 bits per heavy atom. The molecule has 0 aromatic heterocycles. The third-order valence-electron chi connectivity index (χ3n) is 10.4. The molecular weight excluding hydrogens is 757 g/mol. The predicted molar refractivity (Wildman–Crippen MR) is 246 cm³/mol. The van der Waals surface area contributed by atoms with E-state index in [0.717, 1.165) is 154 Å². The smallest absolute Gasteiger partial charge is 0.269 e. The molecule has 0 spiro atoms. The highest BCUT2D eigenvalue weighted by atomic mass is 16.5. The van der Waals surface area contributed by atoms with Crippen molar-refractivity contribution in [3.8, 4) is 34.5 Å². The van der Waals surface area contributed by atoms with E-state index in [4.69, 9.17) is 28.4 Å². The average molecular weight is 841 g/mol. The molecule has 2 rings (SSSR count). The first kappa shape index (κ1) is 52.3. The molecule has 342 valence electrons. The summed E-state index contributed by atoms with van der Waals surface area (Å²) >= 11 is 0. The highest BCUT2D eigenvalue weighted by Crippen LogP contribution is 2.41. The lowest BCUT2D eigenvalue weighted by Crippen LogP contribution is -2.41. The summed E-state index contributed by atoms with van der Waals surface area (Å²) in [6.07, 6.45) is 25.4. The second-order valence-electron chi connectivity index (χ2n) is 16.0. The zero-order valence-electron chi connectivity index (χ0n) is 38.8. The van der Waals surface area contributed by atoms with Crippen molar-refractivity contribution in [1.29, 1.82) is 0 Å². The van der Waals surface area contributed by atoms with Gasteiger partial charge in [-0.05, 0) is 62.8 Å². The van der Waals surface area contributed by atoms with Crippen molar-refractivity contribution < 1.29 is 38.0 Å². The lowest BCUT2D eigenvalue weighted by molar-refractivity contribution is 0.0845. The molecule has 0 aliphatic carbocycles. The summed E-state index contributed by atoms with van der Waals surface area (Å²) in [5.41, 5.74) is 5.87. The number of hydrogen-bond donors (Lipinski definition) is 2. The first-order chi connectivity index (χ1) is 29.4. The summed E-state index contributed by atoms with van der Waals surface area (Å²) in [6, 6.07) is 6.75. The van der Waals surface area contributed by atoms with Crippen molar-refractivity contribution >= 4 is 11.8 Å². The second kappa shape index (κ2) is 34.8. The number of carbonyl (C=O) groups is 2. The third-order valence-corrected chi connectivity index (χ3v) is 10.4.